The average molecular weight is 731 g/mol. The van der Waals surface area contributed by atoms with Crippen molar-refractivity contribution in [3.05, 3.63) is 167 Å². The van der Waals surface area contributed by atoms with Crippen molar-refractivity contribution in [1.29, 1.82) is 0 Å². The van der Waals surface area contributed by atoms with Gasteiger partial charge in [0.25, 0.3) is 0 Å². The molecule has 0 unspecified atom stereocenters. The van der Waals surface area contributed by atoms with Crippen molar-refractivity contribution in [3.8, 4) is 11.1 Å². The number of carbonyl (C=O) groups is 2. The summed E-state index contributed by atoms with van der Waals surface area (Å²) in [5.74, 6) is 0.109. The van der Waals surface area contributed by atoms with Crippen LogP contribution in [0.1, 0.15) is 45.1 Å². The van der Waals surface area contributed by atoms with Crippen molar-refractivity contribution in [2.75, 3.05) is 12.4 Å². The Bertz CT molecular complexity index is 1950. The molecule has 0 bridgehead atoms. The summed E-state index contributed by atoms with van der Waals surface area (Å²) in [5.41, 5.74) is 7.28. The second-order valence-corrected chi connectivity index (χ2v) is 14.3. The molecule has 53 heavy (non-hydrogen) atoms. The molecule has 1 saturated heterocycles. The highest BCUT2D eigenvalue weighted by Crippen LogP contribution is 2.39. The van der Waals surface area contributed by atoms with Crippen LogP contribution in [0.15, 0.2) is 133 Å². The van der Waals surface area contributed by atoms with E-state index in [4.69, 9.17) is 28.4 Å². The fourth-order valence-corrected chi connectivity index (χ4v) is 7.78. The molecule has 272 valence electrons. The highest BCUT2D eigenvalue weighted by molar-refractivity contribution is 7.99. The van der Waals surface area contributed by atoms with Crippen LogP contribution < -0.4 is 0 Å². The van der Waals surface area contributed by atoms with Gasteiger partial charge >= 0.3 is 12.1 Å². The number of fused-ring (bicyclic) bond motifs is 3. The maximum absolute atomic E-state index is 13.8. The van der Waals surface area contributed by atoms with Gasteiger partial charge in [0, 0.05) is 0 Å². The second kappa shape index (κ2) is 17.7. The molecule has 9 heteroatoms. The summed E-state index contributed by atoms with van der Waals surface area (Å²) >= 11 is 1.52. The van der Waals surface area contributed by atoms with E-state index in [-0.39, 0.29) is 19.8 Å². The van der Waals surface area contributed by atoms with Crippen LogP contribution in [0.5, 0.6) is 0 Å². The number of benzene rings is 5. The first-order valence-corrected chi connectivity index (χ1v) is 18.9. The molecule has 1 aliphatic heterocycles. The highest BCUT2D eigenvalue weighted by Gasteiger charge is 2.51. The second-order valence-electron chi connectivity index (χ2n) is 12.9. The Morgan fingerprint density at radius 3 is 2.08 bits per heavy atom. The zero-order valence-electron chi connectivity index (χ0n) is 29.5. The first-order valence-electron chi connectivity index (χ1n) is 17.9. The number of rotatable bonds is 14. The third-order valence-electron chi connectivity index (χ3n) is 9.38. The van der Waals surface area contributed by atoms with Crippen LogP contribution in [0.2, 0.25) is 0 Å². The molecule has 7 rings (SSSR count). The number of esters is 1. The van der Waals surface area contributed by atoms with Gasteiger partial charge in [0.05, 0.1) is 25.4 Å². The van der Waals surface area contributed by atoms with Crippen LogP contribution in [0, 0.1) is 0 Å². The standard InChI is InChI=1S/C44H42O8S/c1-2-53-43-41(48-27-31-17-8-4-9-18-31)40(52-44(46)49-28-34-22-14-24-36-35-23-13-12-21-33(35)25-37(34)36)39(51-42(45)32-19-10-5-11-20-32)38(50-43)29-47-26-30-15-6-3-7-16-30/h3-24,38-41,43H,2,25-29H2,1H3/t38-,39+,40+,41-,43+/m1/s1. The van der Waals surface area contributed by atoms with E-state index in [0.29, 0.717) is 17.9 Å². The molecule has 5 atom stereocenters. The van der Waals surface area contributed by atoms with Crippen molar-refractivity contribution in [1.82, 2.24) is 0 Å². The van der Waals surface area contributed by atoms with Gasteiger partial charge in [-0.2, -0.15) is 0 Å². The molecular weight excluding hydrogens is 689 g/mol. The van der Waals surface area contributed by atoms with E-state index in [0.717, 1.165) is 34.2 Å². The van der Waals surface area contributed by atoms with Gasteiger partial charge in [-0.05, 0) is 63.3 Å². The van der Waals surface area contributed by atoms with E-state index >= 15 is 0 Å². The van der Waals surface area contributed by atoms with Crippen LogP contribution in [-0.2, 0) is 54.7 Å². The van der Waals surface area contributed by atoms with Crippen LogP contribution in [0.4, 0.5) is 4.79 Å². The van der Waals surface area contributed by atoms with Gasteiger partial charge < -0.3 is 28.4 Å². The lowest BCUT2D eigenvalue weighted by Crippen LogP contribution is -2.61. The number of hydrogen-bond donors (Lipinski definition) is 0. The SMILES string of the molecule is CCS[C@@H]1O[C@H](COCc2ccccc2)[C@H](OC(=O)c2ccccc2)[C@H](OC(=O)OCc2cccc3c2Cc2ccccc2-3)[C@H]1OCc1ccccc1. The lowest BCUT2D eigenvalue weighted by molar-refractivity contribution is -0.228. The minimum Gasteiger partial charge on any atom is -0.452 e. The molecule has 0 aromatic heterocycles. The lowest BCUT2D eigenvalue weighted by atomic mass is 9.99. The van der Waals surface area contributed by atoms with E-state index in [9.17, 15) is 9.59 Å². The molecule has 1 fully saturated rings. The quantitative estimate of drug-likeness (QED) is 0.102. The fourth-order valence-electron chi connectivity index (χ4n) is 6.80. The van der Waals surface area contributed by atoms with Gasteiger partial charge in [-0.1, -0.05) is 128 Å². The molecule has 5 aromatic rings. The smallest absolute Gasteiger partial charge is 0.452 e. The summed E-state index contributed by atoms with van der Waals surface area (Å²) in [6.45, 7) is 2.64. The molecule has 5 aromatic carbocycles. The molecule has 0 radical (unpaired) electrons. The number of carbonyl (C=O) groups excluding carboxylic acids is 2. The van der Waals surface area contributed by atoms with Crippen LogP contribution in [-0.4, -0.2) is 54.3 Å². The van der Waals surface area contributed by atoms with Gasteiger partial charge in [0.1, 0.15) is 24.3 Å². The molecule has 1 aliphatic carbocycles. The number of thioether (sulfide) groups is 1. The van der Waals surface area contributed by atoms with Crippen LogP contribution >= 0.6 is 11.8 Å². The van der Waals surface area contributed by atoms with Gasteiger partial charge in [-0.25, -0.2) is 9.59 Å². The van der Waals surface area contributed by atoms with Crippen molar-refractivity contribution in [2.45, 2.75) is 63.0 Å². The Balaban J connectivity index is 1.16. The lowest BCUT2D eigenvalue weighted by Gasteiger charge is -2.44. The van der Waals surface area contributed by atoms with E-state index in [2.05, 4.69) is 18.2 Å². The Hall–Kier alpha value is -4.93. The van der Waals surface area contributed by atoms with Crippen molar-refractivity contribution in [3.63, 3.8) is 0 Å². The topological polar surface area (TPSA) is 89.5 Å². The summed E-state index contributed by atoms with van der Waals surface area (Å²) < 4.78 is 37.6. The van der Waals surface area contributed by atoms with Crippen molar-refractivity contribution < 1.29 is 38.0 Å². The average Bonchev–Trinajstić information content (AvgIpc) is 3.59. The summed E-state index contributed by atoms with van der Waals surface area (Å²) in [5, 5.41) is 0. The predicted molar refractivity (Wildman–Crippen MR) is 203 cm³/mol. The maximum Gasteiger partial charge on any atom is 0.509 e. The third-order valence-corrected chi connectivity index (χ3v) is 10.4. The number of hydrogen-bond acceptors (Lipinski definition) is 9. The molecule has 0 amide bonds. The van der Waals surface area contributed by atoms with Gasteiger partial charge in [0.15, 0.2) is 12.2 Å². The highest BCUT2D eigenvalue weighted by atomic mass is 32.2. The fraction of sp³-hybridized carbons (Fsp3) is 0.273. The summed E-state index contributed by atoms with van der Waals surface area (Å²) in [6.07, 6.45) is -3.93. The summed E-state index contributed by atoms with van der Waals surface area (Å²) in [7, 11) is 0. The molecular formula is C44H42O8S. The molecule has 1 heterocycles. The first-order chi connectivity index (χ1) is 26.1. The first kappa shape index (κ1) is 36.4. The van der Waals surface area contributed by atoms with Crippen molar-refractivity contribution >= 4 is 23.9 Å². The summed E-state index contributed by atoms with van der Waals surface area (Å²) in [4.78, 5) is 27.4. The number of ether oxygens (including phenoxy) is 6. The van der Waals surface area contributed by atoms with Gasteiger partial charge in [-0.15, -0.1) is 11.8 Å². The monoisotopic (exact) mass is 730 g/mol. The van der Waals surface area contributed by atoms with E-state index in [1.165, 1.54) is 22.9 Å². The zero-order chi connectivity index (χ0) is 36.4. The zero-order valence-corrected chi connectivity index (χ0v) is 30.3. The Kier molecular flexibility index (Phi) is 12.2. The molecule has 8 nitrogen and oxygen atoms in total. The minimum absolute atomic E-state index is 0.0139. The Morgan fingerprint density at radius 2 is 1.34 bits per heavy atom. The minimum atomic E-state index is -1.09. The molecule has 0 saturated carbocycles. The maximum atomic E-state index is 13.8. The van der Waals surface area contributed by atoms with Gasteiger partial charge in [-0.3, -0.25) is 0 Å². The van der Waals surface area contributed by atoms with Crippen LogP contribution in [0.25, 0.3) is 11.1 Å². The third kappa shape index (κ3) is 9.00. The van der Waals surface area contributed by atoms with Crippen LogP contribution in [0.3, 0.4) is 0 Å². The van der Waals surface area contributed by atoms with E-state index in [1.807, 2.05) is 97.9 Å². The van der Waals surface area contributed by atoms with Gasteiger partial charge in [0.2, 0.25) is 0 Å². The normalized spacial score (nSPS) is 20.2. The van der Waals surface area contributed by atoms with E-state index < -0.39 is 42.0 Å². The molecule has 0 N–H and O–H groups in total. The Labute approximate surface area is 314 Å². The Morgan fingerprint density at radius 1 is 0.679 bits per heavy atom. The molecule has 0 spiro atoms. The largest absolute Gasteiger partial charge is 0.509 e. The van der Waals surface area contributed by atoms with E-state index in [1.54, 1.807) is 24.3 Å². The van der Waals surface area contributed by atoms with Crippen molar-refractivity contribution in [2.24, 2.45) is 0 Å². The summed E-state index contributed by atoms with van der Waals surface area (Å²) in [6, 6.07) is 42.5. The molecule has 2 aliphatic rings. The predicted octanol–water partition coefficient (Wildman–Crippen LogP) is 8.79.